The first kappa shape index (κ1) is 14.8. The molecule has 6 heteroatoms. The van der Waals surface area contributed by atoms with E-state index in [-0.39, 0.29) is 0 Å². The van der Waals surface area contributed by atoms with Crippen molar-refractivity contribution in [2.24, 2.45) is 0 Å². The Morgan fingerprint density at radius 2 is 2.00 bits per heavy atom. The van der Waals surface area contributed by atoms with Crippen LogP contribution in [0, 0.1) is 0 Å². The van der Waals surface area contributed by atoms with Gasteiger partial charge in [-0.25, -0.2) is 0 Å². The van der Waals surface area contributed by atoms with Gasteiger partial charge in [0.05, 0.1) is 25.5 Å². The third-order valence-corrected chi connectivity index (χ3v) is 2.17. The van der Waals surface area contributed by atoms with Crippen molar-refractivity contribution in [1.82, 2.24) is 15.5 Å². The molecule has 1 rings (SSSR count). The van der Waals surface area contributed by atoms with Crippen LogP contribution in [0.15, 0.2) is 12.1 Å². The summed E-state index contributed by atoms with van der Waals surface area (Å²) in [5, 5.41) is 11.0. The quantitative estimate of drug-likeness (QED) is 0.619. The van der Waals surface area contributed by atoms with Crippen molar-refractivity contribution in [2.45, 2.75) is 13.0 Å². The van der Waals surface area contributed by atoms with E-state index in [0.29, 0.717) is 38.9 Å². The lowest BCUT2D eigenvalue weighted by molar-refractivity contribution is 0.0641. The van der Waals surface area contributed by atoms with Crippen molar-refractivity contribution >= 4 is 0 Å². The van der Waals surface area contributed by atoms with Crippen LogP contribution in [0.25, 0.3) is 0 Å². The fourth-order valence-corrected chi connectivity index (χ4v) is 1.28. The number of nitrogens with zero attached hydrogens (tertiary/aromatic N) is 2. The smallest absolute Gasteiger partial charge is 0.233 e. The summed E-state index contributed by atoms with van der Waals surface area (Å²) >= 11 is 0. The standard InChI is InChI=1S/C12H21N3O3/c1-13-10-11-4-5-12(15-14-11)18-7-3-6-17-9-8-16-2/h4-5,13H,3,6-10H2,1-2H3. The van der Waals surface area contributed by atoms with Gasteiger partial charge in [-0.2, -0.15) is 5.10 Å². The molecule has 6 nitrogen and oxygen atoms in total. The first-order valence-electron chi connectivity index (χ1n) is 6.03. The maximum Gasteiger partial charge on any atom is 0.233 e. The van der Waals surface area contributed by atoms with E-state index in [4.69, 9.17) is 14.2 Å². The maximum atomic E-state index is 5.44. The van der Waals surface area contributed by atoms with E-state index in [0.717, 1.165) is 12.1 Å². The Labute approximate surface area is 108 Å². The fourth-order valence-electron chi connectivity index (χ4n) is 1.28. The summed E-state index contributed by atoms with van der Waals surface area (Å²) in [6.07, 6.45) is 0.823. The van der Waals surface area contributed by atoms with Gasteiger partial charge < -0.3 is 19.5 Å². The van der Waals surface area contributed by atoms with Crippen molar-refractivity contribution in [3.05, 3.63) is 17.8 Å². The summed E-state index contributed by atoms with van der Waals surface area (Å²) in [4.78, 5) is 0. The van der Waals surface area contributed by atoms with Crippen molar-refractivity contribution in [3.8, 4) is 5.88 Å². The molecule has 0 unspecified atom stereocenters. The van der Waals surface area contributed by atoms with Crippen LogP contribution in [0.5, 0.6) is 5.88 Å². The molecule has 0 aliphatic rings. The van der Waals surface area contributed by atoms with E-state index in [1.165, 1.54) is 0 Å². The first-order chi connectivity index (χ1) is 8.86. The molecule has 0 spiro atoms. The van der Waals surface area contributed by atoms with E-state index in [1.807, 2.05) is 19.2 Å². The van der Waals surface area contributed by atoms with Crippen LogP contribution in [0.3, 0.4) is 0 Å². The topological polar surface area (TPSA) is 65.5 Å². The van der Waals surface area contributed by atoms with Gasteiger partial charge in [0, 0.05) is 32.7 Å². The molecule has 1 N–H and O–H groups in total. The zero-order chi connectivity index (χ0) is 13.1. The first-order valence-corrected chi connectivity index (χ1v) is 6.03. The third-order valence-electron chi connectivity index (χ3n) is 2.17. The summed E-state index contributed by atoms with van der Waals surface area (Å²) in [5.74, 6) is 0.548. The molecule has 0 atom stereocenters. The van der Waals surface area contributed by atoms with Gasteiger partial charge in [-0.1, -0.05) is 0 Å². The molecule has 1 aromatic rings. The van der Waals surface area contributed by atoms with Crippen molar-refractivity contribution in [2.75, 3.05) is 40.6 Å². The molecule has 0 saturated carbocycles. The molecule has 0 amide bonds. The number of methoxy groups -OCH3 is 1. The molecule has 1 aromatic heterocycles. The Hall–Kier alpha value is -1.24. The lowest BCUT2D eigenvalue weighted by atomic mass is 10.4. The lowest BCUT2D eigenvalue weighted by Gasteiger charge is -2.06. The minimum Gasteiger partial charge on any atom is -0.477 e. The van der Waals surface area contributed by atoms with Crippen LogP contribution >= 0.6 is 0 Å². The number of hydrogen-bond donors (Lipinski definition) is 1. The third kappa shape index (κ3) is 6.48. The number of hydrogen-bond acceptors (Lipinski definition) is 6. The van der Waals surface area contributed by atoms with Crippen molar-refractivity contribution in [1.29, 1.82) is 0 Å². The Morgan fingerprint density at radius 3 is 2.67 bits per heavy atom. The SMILES string of the molecule is CNCc1ccc(OCCCOCCOC)nn1. The predicted octanol–water partition coefficient (Wildman–Crippen LogP) is 0.628. The average molecular weight is 255 g/mol. The molecule has 0 radical (unpaired) electrons. The molecule has 102 valence electrons. The van der Waals surface area contributed by atoms with Crippen molar-refractivity contribution < 1.29 is 14.2 Å². The zero-order valence-electron chi connectivity index (χ0n) is 11.0. The van der Waals surface area contributed by atoms with Gasteiger partial charge >= 0.3 is 0 Å². The molecular weight excluding hydrogens is 234 g/mol. The van der Waals surface area contributed by atoms with Gasteiger partial charge in [-0.15, -0.1) is 5.10 Å². The summed E-state index contributed by atoms with van der Waals surface area (Å²) in [7, 11) is 3.53. The van der Waals surface area contributed by atoms with E-state index in [9.17, 15) is 0 Å². The fraction of sp³-hybridized carbons (Fsp3) is 0.667. The largest absolute Gasteiger partial charge is 0.477 e. The molecule has 1 heterocycles. The Bertz CT molecular complexity index is 306. The van der Waals surface area contributed by atoms with Crippen LogP contribution in [0.1, 0.15) is 12.1 Å². The Kier molecular flexibility index (Phi) is 8.03. The van der Waals surface area contributed by atoms with Crippen LogP contribution < -0.4 is 10.1 Å². The number of rotatable bonds is 10. The van der Waals surface area contributed by atoms with Crippen LogP contribution in [-0.4, -0.2) is 50.8 Å². The Balaban J connectivity index is 2.08. The molecule has 18 heavy (non-hydrogen) atoms. The van der Waals surface area contributed by atoms with Gasteiger partial charge in [-0.3, -0.25) is 0 Å². The summed E-state index contributed by atoms with van der Waals surface area (Å²) in [5.41, 5.74) is 0.896. The Morgan fingerprint density at radius 1 is 1.11 bits per heavy atom. The van der Waals surface area contributed by atoms with Crippen LogP contribution in [0.2, 0.25) is 0 Å². The average Bonchev–Trinajstić information content (AvgIpc) is 2.40. The molecule has 0 aliphatic heterocycles. The highest BCUT2D eigenvalue weighted by molar-refractivity contribution is 5.11. The number of aromatic nitrogens is 2. The van der Waals surface area contributed by atoms with Crippen LogP contribution in [-0.2, 0) is 16.0 Å². The number of nitrogens with one attached hydrogen (secondary N) is 1. The summed E-state index contributed by atoms with van der Waals surface area (Å²) in [6, 6.07) is 3.72. The van der Waals surface area contributed by atoms with Gasteiger partial charge in [0.1, 0.15) is 0 Å². The zero-order valence-corrected chi connectivity index (χ0v) is 11.0. The highest BCUT2D eigenvalue weighted by atomic mass is 16.5. The van der Waals surface area contributed by atoms with Crippen molar-refractivity contribution in [3.63, 3.8) is 0 Å². The predicted molar refractivity (Wildman–Crippen MR) is 67.6 cm³/mol. The van der Waals surface area contributed by atoms with E-state index < -0.39 is 0 Å². The highest BCUT2D eigenvalue weighted by Gasteiger charge is 1.98. The molecule has 0 saturated heterocycles. The summed E-state index contributed by atoms with van der Waals surface area (Å²) < 4.78 is 15.6. The second-order valence-electron chi connectivity index (χ2n) is 3.70. The molecule has 0 aromatic carbocycles. The summed E-state index contributed by atoms with van der Waals surface area (Å²) in [6.45, 7) is 3.19. The maximum absolute atomic E-state index is 5.44. The number of ether oxygens (including phenoxy) is 3. The van der Waals surface area contributed by atoms with Gasteiger partial charge in [0.25, 0.3) is 0 Å². The molecule has 0 fully saturated rings. The van der Waals surface area contributed by atoms with E-state index in [2.05, 4.69) is 15.5 Å². The monoisotopic (exact) mass is 255 g/mol. The second-order valence-corrected chi connectivity index (χ2v) is 3.70. The lowest BCUT2D eigenvalue weighted by Crippen LogP contribution is -2.09. The van der Waals surface area contributed by atoms with Gasteiger partial charge in [0.15, 0.2) is 0 Å². The molecule has 0 aliphatic carbocycles. The molecule has 0 bridgehead atoms. The van der Waals surface area contributed by atoms with Crippen LogP contribution in [0.4, 0.5) is 0 Å². The highest BCUT2D eigenvalue weighted by Crippen LogP contribution is 2.05. The minimum absolute atomic E-state index is 0.548. The molecular formula is C12H21N3O3. The van der Waals surface area contributed by atoms with Gasteiger partial charge in [-0.05, 0) is 13.1 Å². The van der Waals surface area contributed by atoms with E-state index >= 15 is 0 Å². The minimum atomic E-state index is 0.548. The van der Waals surface area contributed by atoms with Gasteiger partial charge in [0.2, 0.25) is 5.88 Å². The normalized spacial score (nSPS) is 10.6. The second kappa shape index (κ2) is 9.76. The van der Waals surface area contributed by atoms with E-state index in [1.54, 1.807) is 7.11 Å².